The van der Waals surface area contributed by atoms with Crippen molar-refractivity contribution in [1.82, 2.24) is 4.90 Å². The van der Waals surface area contributed by atoms with E-state index in [9.17, 15) is 0 Å². The maximum absolute atomic E-state index is 5.69. The summed E-state index contributed by atoms with van der Waals surface area (Å²) in [5.41, 5.74) is 11.6. The molecule has 1 aromatic rings. The maximum Gasteiger partial charge on any atom is 0.186 e. The lowest BCUT2D eigenvalue weighted by Crippen LogP contribution is -2.27. The van der Waals surface area contributed by atoms with Crippen molar-refractivity contribution in [2.45, 2.75) is 20.4 Å². The van der Waals surface area contributed by atoms with Gasteiger partial charge in [-0.05, 0) is 30.8 Å². The quantitative estimate of drug-likeness (QED) is 0.402. The zero-order valence-electron chi connectivity index (χ0n) is 12.2. The number of nitrogens with two attached hydrogens (primary N) is 2. The van der Waals surface area contributed by atoms with Gasteiger partial charge in [-0.15, -0.1) is 24.0 Å². The van der Waals surface area contributed by atoms with Crippen molar-refractivity contribution in [3.8, 4) is 5.75 Å². The van der Waals surface area contributed by atoms with Crippen LogP contribution in [-0.4, -0.2) is 37.1 Å². The van der Waals surface area contributed by atoms with E-state index in [2.05, 4.69) is 23.7 Å². The van der Waals surface area contributed by atoms with Crippen molar-refractivity contribution in [2.75, 3.05) is 26.2 Å². The minimum Gasteiger partial charge on any atom is -0.492 e. The van der Waals surface area contributed by atoms with Gasteiger partial charge in [0.1, 0.15) is 12.4 Å². The predicted molar refractivity (Wildman–Crippen MR) is 94.7 cm³/mol. The molecule has 0 amide bonds. The normalized spacial score (nSPS) is 9.95. The molecule has 0 aliphatic heterocycles. The summed E-state index contributed by atoms with van der Waals surface area (Å²) in [6.07, 6.45) is 0. The van der Waals surface area contributed by atoms with E-state index in [4.69, 9.17) is 16.2 Å². The third-order valence-corrected chi connectivity index (χ3v) is 2.94. The maximum atomic E-state index is 5.69. The number of nitrogens with zero attached hydrogens (tertiary/aromatic N) is 2. The topological polar surface area (TPSA) is 76.9 Å². The first kappa shape index (κ1) is 19.0. The molecule has 0 saturated heterocycles. The van der Waals surface area contributed by atoms with Crippen LogP contribution in [0, 0.1) is 0 Å². The second kappa shape index (κ2) is 10.7. The van der Waals surface area contributed by atoms with Crippen LogP contribution >= 0.6 is 24.0 Å². The predicted octanol–water partition coefficient (Wildman–Crippen LogP) is 1.80. The third-order valence-electron chi connectivity index (χ3n) is 2.94. The smallest absolute Gasteiger partial charge is 0.186 e. The van der Waals surface area contributed by atoms with Crippen molar-refractivity contribution in [2.24, 2.45) is 16.5 Å². The monoisotopic (exact) mass is 392 g/mol. The highest BCUT2D eigenvalue weighted by molar-refractivity contribution is 14.0. The van der Waals surface area contributed by atoms with Crippen molar-refractivity contribution < 1.29 is 4.74 Å². The van der Waals surface area contributed by atoms with Gasteiger partial charge in [0, 0.05) is 6.54 Å². The molecule has 114 valence electrons. The van der Waals surface area contributed by atoms with E-state index in [1.165, 1.54) is 0 Å². The molecule has 0 saturated carbocycles. The number of guanidine groups is 1. The first-order valence-electron chi connectivity index (χ1n) is 6.65. The Kier molecular flexibility index (Phi) is 10.2. The molecule has 0 aliphatic carbocycles. The number of ether oxygens (including phenoxy) is 1. The number of halogens is 1. The van der Waals surface area contributed by atoms with Crippen LogP contribution in [-0.2, 0) is 6.54 Å². The molecule has 6 heteroatoms. The largest absolute Gasteiger partial charge is 0.492 e. The Bertz CT molecular complexity index is 387. The van der Waals surface area contributed by atoms with E-state index in [0.29, 0.717) is 13.2 Å². The Hall–Kier alpha value is -1.02. The van der Waals surface area contributed by atoms with Crippen LogP contribution in [0.2, 0.25) is 0 Å². The summed E-state index contributed by atoms with van der Waals surface area (Å²) in [6, 6.07) is 7.83. The average Bonchev–Trinajstić information content (AvgIpc) is 2.42. The summed E-state index contributed by atoms with van der Waals surface area (Å²) < 4.78 is 5.69. The summed E-state index contributed by atoms with van der Waals surface area (Å²) in [7, 11) is 0. The molecule has 0 fully saturated rings. The number of hydrogen-bond donors (Lipinski definition) is 2. The van der Waals surface area contributed by atoms with Gasteiger partial charge in [0.25, 0.3) is 0 Å². The Morgan fingerprint density at radius 3 is 2.25 bits per heavy atom. The summed E-state index contributed by atoms with van der Waals surface area (Å²) in [5.74, 6) is 0.986. The van der Waals surface area contributed by atoms with Gasteiger partial charge in [-0.3, -0.25) is 0 Å². The Labute approximate surface area is 138 Å². The molecule has 0 aromatic heterocycles. The van der Waals surface area contributed by atoms with Gasteiger partial charge in [-0.25, -0.2) is 4.99 Å². The van der Waals surface area contributed by atoms with Crippen LogP contribution in [0.5, 0.6) is 5.75 Å². The number of benzene rings is 1. The van der Waals surface area contributed by atoms with Gasteiger partial charge >= 0.3 is 0 Å². The van der Waals surface area contributed by atoms with E-state index < -0.39 is 0 Å². The van der Waals surface area contributed by atoms with Crippen LogP contribution < -0.4 is 16.2 Å². The van der Waals surface area contributed by atoms with E-state index in [1.807, 2.05) is 24.3 Å². The number of aliphatic imine (C=N–C) groups is 1. The third kappa shape index (κ3) is 7.54. The van der Waals surface area contributed by atoms with Crippen molar-refractivity contribution in [3.05, 3.63) is 29.8 Å². The minimum atomic E-state index is 0. The number of hydrogen-bond acceptors (Lipinski definition) is 3. The number of likely N-dealkylation sites (N-methyl/N-ethyl adjacent to an activating group) is 1. The van der Waals surface area contributed by atoms with E-state index in [-0.39, 0.29) is 29.9 Å². The zero-order valence-corrected chi connectivity index (χ0v) is 14.5. The molecule has 1 aromatic carbocycles. The molecule has 0 aliphatic rings. The van der Waals surface area contributed by atoms with Crippen LogP contribution in [0.4, 0.5) is 0 Å². The molecule has 4 N–H and O–H groups in total. The highest BCUT2D eigenvalue weighted by atomic mass is 127. The van der Waals surface area contributed by atoms with Crippen molar-refractivity contribution >= 4 is 29.9 Å². The SMILES string of the molecule is CCN(CC)CCOc1ccc(CN=C(N)N)cc1.I. The minimum absolute atomic E-state index is 0. The second-order valence-electron chi connectivity index (χ2n) is 4.26. The lowest BCUT2D eigenvalue weighted by Gasteiger charge is -2.18. The summed E-state index contributed by atoms with van der Waals surface area (Å²) >= 11 is 0. The molecule has 0 atom stereocenters. The van der Waals surface area contributed by atoms with E-state index in [1.54, 1.807) is 0 Å². The lowest BCUT2D eigenvalue weighted by molar-refractivity contribution is 0.223. The second-order valence-corrected chi connectivity index (χ2v) is 4.26. The molecule has 20 heavy (non-hydrogen) atoms. The summed E-state index contributed by atoms with van der Waals surface area (Å²) in [5, 5.41) is 0. The highest BCUT2D eigenvalue weighted by Crippen LogP contribution is 2.12. The van der Waals surface area contributed by atoms with E-state index in [0.717, 1.165) is 30.9 Å². The molecule has 1 rings (SSSR count). The fourth-order valence-corrected chi connectivity index (χ4v) is 1.71. The van der Waals surface area contributed by atoms with Crippen LogP contribution in [0.1, 0.15) is 19.4 Å². The van der Waals surface area contributed by atoms with Gasteiger partial charge in [0.05, 0.1) is 6.54 Å². The van der Waals surface area contributed by atoms with Gasteiger partial charge in [-0.1, -0.05) is 26.0 Å². The Balaban J connectivity index is 0.00000361. The fraction of sp³-hybridized carbons (Fsp3) is 0.500. The first-order chi connectivity index (χ1) is 9.15. The van der Waals surface area contributed by atoms with Gasteiger partial charge in [-0.2, -0.15) is 0 Å². The van der Waals surface area contributed by atoms with E-state index >= 15 is 0 Å². The molecule has 0 radical (unpaired) electrons. The lowest BCUT2D eigenvalue weighted by atomic mass is 10.2. The first-order valence-corrected chi connectivity index (χ1v) is 6.65. The van der Waals surface area contributed by atoms with Gasteiger partial charge in [0.2, 0.25) is 0 Å². The summed E-state index contributed by atoms with van der Waals surface area (Å²) in [4.78, 5) is 6.28. The van der Waals surface area contributed by atoms with Crippen molar-refractivity contribution in [3.63, 3.8) is 0 Å². The highest BCUT2D eigenvalue weighted by Gasteiger charge is 2.00. The van der Waals surface area contributed by atoms with Gasteiger partial charge in [0.15, 0.2) is 5.96 Å². The summed E-state index contributed by atoms with van der Waals surface area (Å²) in [6.45, 7) is 8.57. The molecule has 0 heterocycles. The fourth-order valence-electron chi connectivity index (χ4n) is 1.71. The zero-order chi connectivity index (χ0) is 14.1. The van der Waals surface area contributed by atoms with Crippen LogP contribution in [0.15, 0.2) is 29.3 Å². The standard InChI is InChI=1S/C14H24N4O.HI/c1-3-18(4-2)9-10-19-13-7-5-12(6-8-13)11-17-14(15)16;/h5-8H,3-4,9-11H2,1-2H3,(H4,15,16,17);1H. The number of rotatable bonds is 8. The Morgan fingerprint density at radius 1 is 1.15 bits per heavy atom. The molecule has 0 unspecified atom stereocenters. The molecule has 0 bridgehead atoms. The Morgan fingerprint density at radius 2 is 1.75 bits per heavy atom. The molecule has 5 nitrogen and oxygen atoms in total. The molecular weight excluding hydrogens is 367 g/mol. The van der Waals surface area contributed by atoms with Crippen LogP contribution in [0.25, 0.3) is 0 Å². The average molecular weight is 392 g/mol. The molecule has 0 spiro atoms. The van der Waals surface area contributed by atoms with Gasteiger partial charge < -0.3 is 21.1 Å². The molecular formula is C14H25IN4O. The van der Waals surface area contributed by atoms with Crippen molar-refractivity contribution in [1.29, 1.82) is 0 Å². The van der Waals surface area contributed by atoms with Crippen LogP contribution in [0.3, 0.4) is 0 Å².